The monoisotopic (exact) mass is 261 g/mol. The molecule has 1 aromatic rings. The van der Waals surface area contributed by atoms with Crippen molar-refractivity contribution in [1.82, 2.24) is 5.32 Å². The van der Waals surface area contributed by atoms with Crippen LogP contribution in [0.15, 0.2) is 30.3 Å². The predicted molar refractivity (Wildman–Crippen MR) is 80.2 cm³/mol. The van der Waals surface area contributed by atoms with Crippen molar-refractivity contribution in [3.63, 3.8) is 0 Å². The zero-order valence-electron chi connectivity index (χ0n) is 12.3. The van der Waals surface area contributed by atoms with Crippen molar-refractivity contribution < 1.29 is 4.74 Å². The Hall–Kier alpha value is -0.860. The molecule has 2 unspecified atom stereocenters. The van der Waals surface area contributed by atoms with E-state index in [2.05, 4.69) is 49.5 Å². The molecule has 2 heteroatoms. The molecule has 2 atom stereocenters. The van der Waals surface area contributed by atoms with Gasteiger partial charge < -0.3 is 10.1 Å². The third-order valence-corrected chi connectivity index (χ3v) is 4.22. The molecule has 0 amide bonds. The van der Waals surface area contributed by atoms with Crippen LogP contribution in [0.1, 0.15) is 51.1 Å². The van der Waals surface area contributed by atoms with Crippen molar-refractivity contribution in [3.8, 4) is 0 Å². The van der Waals surface area contributed by atoms with Gasteiger partial charge in [-0.3, -0.25) is 0 Å². The number of hydrogen-bond acceptors (Lipinski definition) is 2. The molecule has 2 nitrogen and oxygen atoms in total. The first-order valence-electron chi connectivity index (χ1n) is 7.70. The number of rotatable bonds is 6. The maximum atomic E-state index is 5.46. The first-order chi connectivity index (χ1) is 9.31. The summed E-state index contributed by atoms with van der Waals surface area (Å²) in [6, 6.07) is 11.9. The number of ether oxygens (including phenoxy) is 1. The van der Waals surface area contributed by atoms with Crippen LogP contribution >= 0.6 is 0 Å². The highest BCUT2D eigenvalue weighted by molar-refractivity contribution is 5.19. The molecule has 0 bridgehead atoms. The van der Waals surface area contributed by atoms with Gasteiger partial charge in [0, 0.05) is 25.3 Å². The highest BCUT2D eigenvalue weighted by Crippen LogP contribution is 2.24. The van der Waals surface area contributed by atoms with Gasteiger partial charge in [0.05, 0.1) is 0 Å². The smallest absolute Gasteiger partial charge is 0.0469 e. The Bertz CT molecular complexity index is 346. The van der Waals surface area contributed by atoms with Crippen molar-refractivity contribution in [2.24, 2.45) is 5.92 Å². The molecule has 106 valence electrons. The van der Waals surface area contributed by atoms with Gasteiger partial charge in [0.15, 0.2) is 0 Å². The Morgan fingerprint density at radius 2 is 1.89 bits per heavy atom. The standard InChI is InChI=1S/C17H27NO/c1-3-7-17(16-8-5-4-6-9-16)18-14(2)15-10-12-19-13-11-15/h4-6,8-9,14-15,17-18H,3,7,10-13H2,1-2H3. The fourth-order valence-electron chi connectivity index (χ4n) is 2.99. The van der Waals surface area contributed by atoms with Gasteiger partial charge in [-0.15, -0.1) is 0 Å². The van der Waals surface area contributed by atoms with Gasteiger partial charge in [-0.05, 0) is 37.7 Å². The third-order valence-electron chi connectivity index (χ3n) is 4.22. The van der Waals surface area contributed by atoms with Crippen LogP contribution in [0.4, 0.5) is 0 Å². The Morgan fingerprint density at radius 3 is 2.53 bits per heavy atom. The third kappa shape index (κ3) is 4.32. The minimum Gasteiger partial charge on any atom is -0.381 e. The molecule has 1 aromatic carbocycles. The molecule has 0 saturated carbocycles. The molecule has 1 heterocycles. The largest absolute Gasteiger partial charge is 0.381 e. The van der Waals surface area contributed by atoms with E-state index in [9.17, 15) is 0 Å². The average molecular weight is 261 g/mol. The van der Waals surface area contributed by atoms with E-state index in [4.69, 9.17) is 4.74 Å². The normalized spacial score (nSPS) is 20.1. The molecule has 1 aliphatic rings. The van der Waals surface area contributed by atoms with Gasteiger partial charge in [-0.2, -0.15) is 0 Å². The Balaban J connectivity index is 1.96. The van der Waals surface area contributed by atoms with Gasteiger partial charge in [-0.1, -0.05) is 43.7 Å². The first kappa shape index (κ1) is 14.5. The second kappa shape index (κ2) is 7.66. The Morgan fingerprint density at radius 1 is 1.21 bits per heavy atom. The second-order valence-electron chi connectivity index (χ2n) is 5.66. The zero-order valence-corrected chi connectivity index (χ0v) is 12.3. The van der Waals surface area contributed by atoms with Crippen molar-refractivity contribution >= 4 is 0 Å². The summed E-state index contributed by atoms with van der Waals surface area (Å²) in [6.07, 6.45) is 4.81. The first-order valence-corrected chi connectivity index (χ1v) is 7.70. The van der Waals surface area contributed by atoms with E-state index < -0.39 is 0 Å². The van der Waals surface area contributed by atoms with Crippen molar-refractivity contribution in [1.29, 1.82) is 0 Å². The summed E-state index contributed by atoms with van der Waals surface area (Å²) in [4.78, 5) is 0. The van der Waals surface area contributed by atoms with Crippen LogP contribution in [0.2, 0.25) is 0 Å². The molecule has 19 heavy (non-hydrogen) atoms. The quantitative estimate of drug-likeness (QED) is 0.837. The maximum absolute atomic E-state index is 5.46. The number of nitrogens with one attached hydrogen (secondary N) is 1. The summed E-state index contributed by atoms with van der Waals surface area (Å²) >= 11 is 0. The summed E-state index contributed by atoms with van der Waals surface area (Å²) < 4.78 is 5.46. The van der Waals surface area contributed by atoms with Gasteiger partial charge in [-0.25, -0.2) is 0 Å². The van der Waals surface area contributed by atoms with Gasteiger partial charge in [0.2, 0.25) is 0 Å². The van der Waals surface area contributed by atoms with Crippen molar-refractivity contribution in [2.75, 3.05) is 13.2 Å². The molecule has 1 aliphatic heterocycles. The van der Waals surface area contributed by atoms with E-state index in [1.165, 1.54) is 31.2 Å². The summed E-state index contributed by atoms with van der Waals surface area (Å²) in [5.41, 5.74) is 1.42. The molecule has 1 saturated heterocycles. The number of benzene rings is 1. The second-order valence-corrected chi connectivity index (χ2v) is 5.66. The SMILES string of the molecule is CCCC(NC(C)C1CCOCC1)c1ccccc1. The van der Waals surface area contributed by atoms with Crippen LogP contribution in [0.3, 0.4) is 0 Å². The Labute approximate surface area is 117 Å². The van der Waals surface area contributed by atoms with Crippen LogP contribution in [0.25, 0.3) is 0 Å². The Kier molecular flexibility index (Phi) is 5.87. The molecular weight excluding hydrogens is 234 g/mol. The van der Waals surface area contributed by atoms with Gasteiger partial charge in [0.25, 0.3) is 0 Å². The van der Waals surface area contributed by atoms with Crippen LogP contribution in [-0.2, 0) is 4.74 Å². The lowest BCUT2D eigenvalue weighted by Gasteiger charge is -2.32. The lowest BCUT2D eigenvalue weighted by Crippen LogP contribution is -2.38. The summed E-state index contributed by atoms with van der Waals surface area (Å²) in [5.74, 6) is 0.761. The lowest BCUT2D eigenvalue weighted by molar-refractivity contribution is 0.0542. The van der Waals surface area contributed by atoms with E-state index in [0.717, 1.165) is 19.1 Å². The van der Waals surface area contributed by atoms with E-state index in [1.807, 2.05) is 0 Å². The van der Waals surface area contributed by atoms with Gasteiger partial charge in [0.1, 0.15) is 0 Å². The van der Waals surface area contributed by atoms with Crippen LogP contribution in [0.5, 0.6) is 0 Å². The molecule has 0 aromatic heterocycles. The van der Waals surface area contributed by atoms with Crippen LogP contribution in [0, 0.1) is 5.92 Å². The highest BCUT2D eigenvalue weighted by atomic mass is 16.5. The predicted octanol–water partition coefficient (Wildman–Crippen LogP) is 3.93. The molecule has 1 N–H and O–H groups in total. The summed E-state index contributed by atoms with van der Waals surface area (Å²) in [7, 11) is 0. The fourth-order valence-corrected chi connectivity index (χ4v) is 2.99. The van der Waals surface area contributed by atoms with E-state index in [-0.39, 0.29) is 0 Å². The molecule has 0 radical (unpaired) electrons. The minimum absolute atomic E-state index is 0.490. The van der Waals surface area contributed by atoms with Crippen molar-refractivity contribution in [2.45, 2.75) is 51.6 Å². The van der Waals surface area contributed by atoms with Crippen LogP contribution in [-0.4, -0.2) is 19.3 Å². The molecule has 0 aliphatic carbocycles. The summed E-state index contributed by atoms with van der Waals surface area (Å²) in [5, 5.41) is 3.85. The topological polar surface area (TPSA) is 21.3 Å². The van der Waals surface area contributed by atoms with E-state index >= 15 is 0 Å². The van der Waals surface area contributed by atoms with Gasteiger partial charge >= 0.3 is 0 Å². The summed E-state index contributed by atoms with van der Waals surface area (Å²) in [6.45, 7) is 6.46. The highest BCUT2D eigenvalue weighted by Gasteiger charge is 2.22. The lowest BCUT2D eigenvalue weighted by atomic mass is 9.91. The average Bonchev–Trinajstić information content (AvgIpc) is 2.48. The molecule has 0 spiro atoms. The van der Waals surface area contributed by atoms with E-state index in [0.29, 0.717) is 12.1 Å². The minimum atomic E-state index is 0.490. The number of hydrogen-bond donors (Lipinski definition) is 1. The zero-order chi connectivity index (χ0) is 13.5. The van der Waals surface area contributed by atoms with Crippen molar-refractivity contribution in [3.05, 3.63) is 35.9 Å². The maximum Gasteiger partial charge on any atom is 0.0469 e. The fraction of sp³-hybridized carbons (Fsp3) is 0.647. The van der Waals surface area contributed by atoms with E-state index in [1.54, 1.807) is 0 Å². The van der Waals surface area contributed by atoms with Crippen LogP contribution < -0.4 is 5.32 Å². The molecule has 1 fully saturated rings. The molecular formula is C17H27NO. The molecule has 2 rings (SSSR count).